The van der Waals surface area contributed by atoms with Gasteiger partial charge in [0, 0.05) is 51.4 Å². The fourth-order valence-electron chi connectivity index (χ4n) is 3.09. The lowest BCUT2D eigenvalue weighted by Crippen LogP contribution is -2.60. The van der Waals surface area contributed by atoms with Gasteiger partial charge in [-0.25, -0.2) is 0 Å². The maximum atomic E-state index is 12.4. The van der Waals surface area contributed by atoms with Crippen LogP contribution in [0.15, 0.2) is 18.3 Å². The largest absolute Gasteiger partial charge is 0.384 e. The van der Waals surface area contributed by atoms with E-state index in [1.807, 2.05) is 12.1 Å². The summed E-state index contributed by atoms with van der Waals surface area (Å²) in [6.07, 6.45) is 2.32. The minimum Gasteiger partial charge on any atom is -0.384 e. The van der Waals surface area contributed by atoms with Gasteiger partial charge in [-0.1, -0.05) is 0 Å². The Morgan fingerprint density at radius 1 is 1.42 bits per heavy atom. The van der Waals surface area contributed by atoms with Crippen LogP contribution in [0.25, 0.3) is 0 Å². The van der Waals surface area contributed by atoms with Crippen LogP contribution < -0.4 is 9.62 Å². The quantitative estimate of drug-likeness (QED) is 0.708. The first-order chi connectivity index (χ1) is 11.5. The first kappa shape index (κ1) is 17.8. The summed E-state index contributed by atoms with van der Waals surface area (Å²) in [6.45, 7) is 2.58. The number of halogens is 1. The number of ether oxygens (including phenoxy) is 1. The summed E-state index contributed by atoms with van der Waals surface area (Å²) < 4.78 is 34.3. The van der Waals surface area contributed by atoms with E-state index < -0.39 is 10.2 Å². The zero-order chi connectivity index (χ0) is 17.2. The van der Waals surface area contributed by atoms with Gasteiger partial charge in [0.25, 0.3) is 10.2 Å². The van der Waals surface area contributed by atoms with Crippen LogP contribution in [-0.2, 0) is 14.9 Å². The zero-order valence-electron chi connectivity index (χ0n) is 13.5. The standard InChI is InChI=1S/C14H22ClN5O3S/c1-23-10-11-7-19(14-3-2-5-16-17-14)6-4-13(11)18-24(21,22)20-8-12(15)9-20/h2-3,5,11-13,18H,4,6-10H2,1H3. The Morgan fingerprint density at radius 3 is 2.83 bits per heavy atom. The van der Waals surface area contributed by atoms with Crippen LogP contribution in [0.1, 0.15) is 6.42 Å². The van der Waals surface area contributed by atoms with E-state index >= 15 is 0 Å². The van der Waals surface area contributed by atoms with E-state index in [0.29, 0.717) is 39.2 Å². The molecule has 0 spiro atoms. The number of alkyl halides is 1. The highest BCUT2D eigenvalue weighted by atomic mass is 35.5. The fraction of sp³-hybridized carbons (Fsp3) is 0.714. The molecule has 1 N–H and O–H groups in total. The molecule has 0 radical (unpaired) electrons. The number of nitrogens with one attached hydrogen (secondary N) is 1. The van der Waals surface area contributed by atoms with Gasteiger partial charge in [-0.3, -0.25) is 0 Å². The maximum Gasteiger partial charge on any atom is 0.279 e. The topological polar surface area (TPSA) is 87.7 Å². The molecule has 1 aromatic rings. The molecule has 3 rings (SSSR count). The number of nitrogens with zero attached hydrogens (tertiary/aromatic N) is 4. The van der Waals surface area contributed by atoms with Gasteiger partial charge in [0.1, 0.15) is 0 Å². The van der Waals surface area contributed by atoms with E-state index in [-0.39, 0.29) is 17.3 Å². The summed E-state index contributed by atoms with van der Waals surface area (Å²) in [5.41, 5.74) is 0. The Bertz CT molecular complexity index is 641. The zero-order valence-corrected chi connectivity index (χ0v) is 15.1. The molecule has 2 atom stereocenters. The molecule has 0 saturated carbocycles. The third-order valence-corrected chi connectivity index (χ3v) is 6.30. The number of rotatable bonds is 6. The van der Waals surface area contributed by atoms with E-state index in [1.165, 1.54) is 4.31 Å². The van der Waals surface area contributed by atoms with Crippen molar-refractivity contribution in [1.82, 2.24) is 19.2 Å². The monoisotopic (exact) mass is 375 g/mol. The number of hydrogen-bond acceptors (Lipinski definition) is 6. The Balaban J connectivity index is 1.66. The first-order valence-electron chi connectivity index (χ1n) is 7.92. The minimum atomic E-state index is -3.49. The highest BCUT2D eigenvalue weighted by molar-refractivity contribution is 7.87. The van der Waals surface area contributed by atoms with Gasteiger partial charge < -0.3 is 9.64 Å². The molecule has 2 aliphatic rings. The van der Waals surface area contributed by atoms with Crippen molar-refractivity contribution in [2.45, 2.75) is 17.8 Å². The van der Waals surface area contributed by atoms with Gasteiger partial charge in [0.05, 0.1) is 12.0 Å². The molecule has 2 aliphatic heterocycles. The summed E-state index contributed by atoms with van der Waals surface area (Å²) in [7, 11) is -1.87. The van der Waals surface area contributed by atoms with Gasteiger partial charge in [-0.2, -0.15) is 22.5 Å². The molecule has 10 heteroatoms. The minimum absolute atomic E-state index is 0.0357. The number of hydrogen-bond donors (Lipinski definition) is 1. The molecule has 0 bridgehead atoms. The van der Waals surface area contributed by atoms with Crippen LogP contribution in [-0.4, -0.2) is 74.2 Å². The van der Waals surface area contributed by atoms with E-state index in [9.17, 15) is 8.42 Å². The molecule has 3 heterocycles. The summed E-state index contributed by atoms with van der Waals surface area (Å²) in [6, 6.07) is 3.58. The summed E-state index contributed by atoms with van der Waals surface area (Å²) >= 11 is 5.88. The van der Waals surface area contributed by atoms with Crippen molar-refractivity contribution in [1.29, 1.82) is 0 Å². The van der Waals surface area contributed by atoms with Crippen molar-refractivity contribution in [3.05, 3.63) is 18.3 Å². The fourth-order valence-corrected chi connectivity index (χ4v) is 5.18. The molecular formula is C14H22ClN5O3S. The molecule has 0 amide bonds. The third kappa shape index (κ3) is 3.97. The van der Waals surface area contributed by atoms with E-state index in [2.05, 4.69) is 19.8 Å². The molecule has 1 aromatic heterocycles. The SMILES string of the molecule is COCC1CN(c2cccnn2)CCC1NS(=O)(=O)N1CC(Cl)C1. The molecule has 0 aliphatic carbocycles. The van der Waals surface area contributed by atoms with Crippen molar-refractivity contribution < 1.29 is 13.2 Å². The Labute approximate surface area is 147 Å². The second-order valence-corrected chi connectivity index (χ2v) is 8.50. The highest BCUT2D eigenvalue weighted by Gasteiger charge is 2.39. The first-order valence-corrected chi connectivity index (χ1v) is 9.80. The number of aromatic nitrogens is 2. The van der Waals surface area contributed by atoms with E-state index in [0.717, 1.165) is 5.82 Å². The summed E-state index contributed by atoms with van der Waals surface area (Å²) in [4.78, 5) is 2.11. The lowest BCUT2D eigenvalue weighted by molar-refractivity contribution is 0.127. The van der Waals surface area contributed by atoms with Crippen molar-refractivity contribution in [3.63, 3.8) is 0 Å². The Kier molecular flexibility index (Phi) is 5.56. The van der Waals surface area contributed by atoms with Crippen LogP contribution in [0, 0.1) is 5.92 Å². The van der Waals surface area contributed by atoms with Crippen LogP contribution in [0.4, 0.5) is 5.82 Å². The molecule has 2 fully saturated rings. The Hall–Kier alpha value is -1.00. The Morgan fingerprint density at radius 2 is 2.21 bits per heavy atom. The lowest BCUT2D eigenvalue weighted by Gasteiger charge is -2.41. The second-order valence-electron chi connectivity index (χ2n) is 6.18. The predicted molar refractivity (Wildman–Crippen MR) is 91.3 cm³/mol. The molecule has 134 valence electrons. The van der Waals surface area contributed by atoms with Crippen molar-refractivity contribution >= 4 is 27.6 Å². The number of anilines is 1. The van der Waals surface area contributed by atoms with Gasteiger partial charge in [0.15, 0.2) is 5.82 Å². The molecular weight excluding hydrogens is 354 g/mol. The van der Waals surface area contributed by atoms with Gasteiger partial charge in [-0.15, -0.1) is 16.7 Å². The normalized spacial score (nSPS) is 26.3. The van der Waals surface area contributed by atoms with Crippen LogP contribution in [0.2, 0.25) is 0 Å². The second kappa shape index (κ2) is 7.49. The molecule has 2 unspecified atom stereocenters. The van der Waals surface area contributed by atoms with Crippen molar-refractivity contribution in [2.75, 3.05) is 44.8 Å². The van der Waals surface area contributed by atoms with Crippen LogP contribution >= 0.6 is 11.6 Å². The molecule has 0 aromatic carbocycles. The summed E-state index contributed by atoms with van der Waals surface area (Å²) in [5.74, 6) is 0.834. The van der Waals surface area contributed by atoms with Gasteiger partial charge >= 0.3 is 0 Å². The number of methoxy groups -OCH3 is 1. The highest BCUT2D eigenvalue weighted by Crippen LogP contribution is 2.24. The summed E-state index contributed by atoms with van der Waals surface area (Å²) in [5, 5.41) is 7.95. The van der Waals surface area contributed by atoms with Gasteiger partial charge in [-0.05, 0) is 18.6 Å². The third-order valence-electron chi connectivity index (χ3n) is 4.44. The van der Waals surface area contributed by atoms with Crippen LogP contribution in [0.3, 0.4) is 0 Å². The molecule has 2 saturated heterocycles. The average Bonchev–Trinajstić information content (AvgIpc) is 2.54. The molecule has 8 nitrogen and oxygen atoms in total. The van der Waals surface area contributed by atoms with E-state index in [4.69, 9.17) is 16.3 Å². The lowest BCUT2D eigenvalue weighted by atomic mass is 9.93. The smallest absolute Gasteiger partial charge is 0.279 e. The van der Waals surface area contributed by atoms with E-state index in [1.54, 1.807) is 13.3 Å². The maximum absolute atomic E-state index is 12.4. The molecule has 24 heavy (non-hydrogen) atoms. The predicted octanol–water partition coefficient (Wildman–Crippen LogP) is 0.0753. The van der Waals surface area contributed by atoms with Crippen molar-refractivity contribution in [2.24, 2.45) is 5.92 Å². The van der Waals surface area contributed by atoms with Crippen molar-refractivity contribution in [3.8, 4) is 0 Å². The van der Waals surface area contributed by atoms with Gasteiger partial charge in [0.2, 0.25) is 0 Å². The number of piperidine rings is 1. The van der Waals surface area contributed by atoms with Crippen LogP contribution in [0.5, 0.6) is 0 Å². The average molecular weight is 376 g/mol.